The van der Waals surface area contributed by atoms with E-state index in [9.17, 15) is 4.57 Å². The molecule has 0 N–H and O–H groups in total. The second-order valence-electron chi connectivity index (χ2n) is 4.95. The van der Waals surface area contributed by atoms with Crippen molar-refractivity contribution >= 4 is 7.82 Å². The Bertz CT molecular complexity index is 564. The van der Waals surface area contributed by atoms with Crippen LogP contribution in [0.2, 0.25) is 0 Å². The molecule has 0 aliphatic carbocycles. The average Bonchev–Trinajstić information content (AvgIpc) is 2.56. The average molecular weight is 320 g/mol. The number of hydrogen-bond acceptors (Lipinski definition) is 4. The molecule has 0 bridgehead atoms. The molecule has 0 spiro atoms. The first-order valence-corrected chi connectivity index (χ1v) is 8.62. The lowest BCUT2D eigenvalue weighted by atomic mass is 10.1. The zero-order chi connectivity index (χ0) is 16.0. The molecule has 2 aromatic rings. The zero-order valence-corrected chi connectivity index (χ0v) is 13.9. The minimum Gasteiger partial charge on any atom is -0.290 e. The third-order valence-electron chi connectivity index (χ3n) is 3.34. The van der Waals surface area contributed by atoms with Crippen molar-refractivity contribution in [2.24, 2.45) is 0 Å². The fraction of sp³-hybridized carbons (Fsp3) is 0.294. The maximum Gasteiger partial charge on any atom is 0.475 e. The molecule has 4 nitrogen and oxygen atoms in total. The Hall–Kier alpha value is -1.45. The van der Waals surface area contributed by atoms with Gasteiger partial charge in [-0.05, 0) is 25.0 Å². The van der Waals surface area contributed by atoms with E-state index in [-0.39, 0.29) is 0 Å². The van der Waals surface area contributed by atoms with E-state index in [1.807, 2.05) is 74.5 Å². The number of benzene rings is 2. The molecule has 5 heteroatoms. The van der Waals surface area contributed by atoms with Crippen molar-refractivity contribution in [2.75, 3.05) is 7.11 Å². The third kappa shape index (κ3) is 4.52. The minimum absolute atomic E-state index is 0.394. The Kier molecular flexibility index (Phi) is 5.92. The Balaban J connectivity index is 2.07. The molecule has 0 aliphatic rings. The molecule has 0 fully saturated rings. The van der Waals surface area contributed by atoms with Gasteiger partial charge in [-0.15, -0.1) is 0 Å². The zero-order valence-electron chi connectivity index (χ0n) is 13.0. The molecule has 0 saturated heterocycles. The molecule has 0 saturated carbocycles. The van der Waals surface area contributed by atoms with Crippen LogP contribution in [0.3, 0.4) is 0 Å². The number of hydrogen-bond donors (Lipinski definition) is 0. The van der Waals surface area contributed by atoms with Crippen molar-refractivity contribution in [2.45, 2.75) is 26.1 Å². The number of rotatable bonds is 7. The van der Waals surface area contributed by atoms with Gasteiger partial charge in [0, 0.05) is 7.11 Å². The summed E-state index contributed by atoms with van der Waals surface area (Å²) in [6.45, 7) is 3.63. The van der Waals surface area contributed by atoms with Gasteiger partial charge >= 0.3 is 7.82 Å². The van der Waals surface area contributed by atoms with Gasteiger partial charge in [-0.1, -0.05) is 60.7 Å². The third-order valence-corrected chi connectivity index (χ3v) is 4.93. The van der Waals surface area contributed by atoms with Crippen molar-refractivity contribution in [3.63, 3.8) is 0 Å². The highest BCUT2D eigenvalue weighted by molar-refractivity contribution is 7.48. The molecule has 0 radical (unpaired) electrons. The van der Waals surface area contributed by atoms with E-state index in [4.69, 9.17) is 13.6 Å². The molecular formula is C17H21O4P. The normalized spacial score (nSPS) is 16.7. The first-order chi connectivity index (χ1) is 10.5. The topological polar surface area (TPSA) is 44.8 Å². The molecule has 2 atom stereocenters. The summed E-state index contributed by atoms with van der Waals surface area (Å²) in [7, 11) is -2.31. The van der Waals surface area contributed by atoms with Crippen LogP contribution >= 0.6 is 7.82 Å². The molecule has 0 aromatic heterocycles. The summed E-state index contributed by atoms with van der Waals surface area (Å²) < 4.78 is 28.9. The lowest BCUT2D eigenvalue weighted by Crippen LogP contribution is -2.05. The summed E-state index contributed by atoms with van der Waals surface area (Å²) in [5.74, 6) is 0. The van der Waals surface area contributed by atoms with Gasteiger partial charge < -0.3 is 0 Å². The van der Waals surface area contributed by atoms with Crippen LogP contribution < -0.4 is 0 Å². The van der Waals surface area contributed by atoms with Gasteiger partial charge in [-0.2, -0.15) is 0 Å². The predicted octanol–water partition coefficient (Wildman–Crippen LogP) is 5.30. The van der Waals surface area contributed by atoms with Crippen molar-refractivity contribution in [3.8, 4) is 0 Å². The van der Waals surface area contributed by atoms with Gasteiger partial charge in [0.25, 0.3) is 0 Å². The van der Waals surface area contributed by atoms with Crippen molar-refractivity contribution < 1.29 is 18.1 Å². The highest BCUT2D eigenvalue weighted by Gasteiger charge is 2.31. The Labute approximate surface area is 131 Å². The Morgan fingerprint density at radius 1 is 0.773 bits per heavy atom. The SMILES string of the molecule is COP(=O)(OC(C)c1ccccc1)OC(C)c1ccccc1. The fourth-order valence-electron chi connectivity index (χ4n) is 2.07. The highest BCUT2D eigenvalue weighted by atomic mass is 31.2. The van der Waals surface area contributed by atoms with Gasteiger partial charge in [-0.25, -0.2) is 4.57 Å². The van der Waals surface area contributed by atoms with Crippen LogP contribution in [0.4, 0.5) is 0 Å². The van der Waals surface area contributed by atoms with E-state index in [1.54, 1.807) is 0 Å². The largest absolute Gasteiger partial charge is 0.475 e. The molecule has 2 rings (SSSR count). The molecule has 2 aromatic carbocycles. The van der Waals surface area contributed by atoms with Crippen molar-refractivity contribution in [1.29, 1.82) is 0 Å². The number of phosphoric ester groups is 1. The first kappa shape index (κ1) is 16.9. The highest BCUT2D eigenvalue weighted by Crippen LogP contribution is 2.55. The maximum atomic E-state index is 12.7. The standard InChI is InChI=1S/C17H21O4P/c1-14(16-10-6-4-7-11-16)20-22(18,19-3)21-15(2)17-12-8-5-9-13-17/h4-15H,1-3H3. The second-order valence-corrected chi connectivity index (χ2v) is 6.63. The summed E-state index contributed by atoms with van der Waals surface area (Å²) >= 11 is 0. The summed E-state index contributed by atoms with van der Waals surface area (Å²) in [4.78, 5) is 0. The minimum atomic E-state index is -3.64. The van der Waals surface area contributed by atoms with Crippen LogP contribution in [0.25, 0.3) is 0 Å². The smallest absolute Gasteiger partial charge is 0.290 e. The molecule has 22 heavy (non-hydrogen) atoms. The summed E-state index contributed by atoms with van der Waals surface area (Å²) in [5, 5.41) is 0. The van der Waals surface area contributed by atoms with Crippen molar-refractivity contribution in [3.05, 3.63) is 71.8 Å². The van der Waals surface area contributed by atoms with E-state index >= 15 is 0 Å². The van der Waals surface area contributed by atoms with Crippen LogP contribution in [0.1, 0.15) is 37.2 Å². The summed E-state index contributed by atoms with van der Waals surface area (Å²) in [6, 6.07) is 19.1. The fourth-order valence-corrected chi connectivity index (χ4v) is 3.31. The van der Waals surface area contributed by atoms with Gasteiger partial charge in [0.05, 0.1) is 12.2 Å². The van der Waals surface area contributed by atoms with E-state index in [0.29, 0.717) is 0 Å². The molecule has 0 amide bonds. The molecule has 2 unspecified atom stereocenters. The monoisotopic (exact) mass is 320 g/mol. The number of phosphoric acid groups is 1. The lowest BCUT2D eigenvalue weighted by molar-refractivity contribution is 0.0734. The Morgan fingerprint density at radius 2 is 1.14 bits per heavy atom. The predicted molar refractivity (Wildman–Crippen MR) is 86.5 cm³/mol. The summed E-state index contributed by atoms with van der Waals surface area (Å²) in [6.07, 6.45) is -0.787. The summed E-state index contributed by atoms with van der Waals surface area (Å²) in [5.41, 5.74) is 1.83. The van der Waals surface area contributed by atoms with Gasteiger partial charge in [0.15, 0.2) is 0 Å². The van der Waals surface area contributed by atoms with E-state index < -0.39 is 20.0 Å². The van der Waals surface area contributed by atoms with E-state index in [2.05, 4.69) is 0 Å². The van der Waals surface area contributed by atoms with Crippen LogP contribution in [-0.4, -0.2) is 7.11 Å². The van der Waals surface area contributed by atoms with Crippen LogP contribution in [-0.2, 0) is 18.1 Å². The molecule has 118 valence electrons. The van der Waals surface area contributed by atoms with Crippen molar-refractivity contribution in [1.82, 2.24) is 0 Å². The first-order valence-electron chi connectivity index (χ1n) is 7.16. The van der Waals surface area contributed by atoms with Gasteiger partial charge in [0.1, 0.15) is 0 Å². The molecule has 0 heterocycles. The lowest BCUT2D eigenvalue weighted by Gasteiger charge is -2.23. The van der Waals surface area contributed by atoms with Crippen LogP contribution in [0, 0.1) is 0 Å². The van der Waals surface area contributed by atoms with Gasteiger partial charge in [-0.3, -0.25) is 13.6 Å². The maximum absolute atomic E-state index is 12.7. The molecular weight excluding hydrogens is 299 g/mol. The van der Waals surface area contributed by atoms with E-state index in [1.165, 1.54) is 7.11 Å². The quantitative estimate of drug-likeness (QED) is 0.650. The van der Waals surface area contributed by atoms with Crippen LogP contribution in [0.15, 0.2) is 60.7 Å². The second kappa shape index (κ2) is 7.70. The molecule has 0 aliphatic heterocycles. The Morgan fingerprint density at radius 3 is 1.45 bits per heavy atom. The van der Waals surface area contributed by atoms with Gasteiger partial charge in [0.2, 0.25) is 0 Å². The van der Waals surface area contributed by atoms with Crippen LogP contribution in [0.5, 0.6) is 0 Å². The van der Waals surface area contributed by atoms with E-state index in [0.717, 1.165) is 11.1 Å².